The molecule has 15 heavy (non-hydrogen) atoms. The topological polar surface area (TPSA) is 38.1 Å². The van der Waals surface area contributed by atoms with Crippen LogP contribution < -0.4 is 0 Å². The summed E-state index contributed by atoms with van der Waals surface area (Å²) in [6.45, 7) is 4.35. The molecule has 1 aromatic rings. The number of hydrogen-bond acceptors (Lipinski definition) is 2. The number of aromatic nitrogens is 2. The third-order valence-electron chi connectivity index (χ3n) is 3.03. The lowest BCUT2D eigenvalue weighted by Crippen LogP contribution is -2.13. The van der Waals surface area contributed by atoms with E-state index in [9.17, 15) is 5.11 Å². The molecule has 1 aromatic heterocycles. The first kappa shape index (κ1) is 12.2. The van der Waals surface area contributed by atoms with Crippen LogP contribution in [0.4, 0.5) is 0 Å². The maximum Gasteiger partial charge on any atom is 0.0546 e. The van der Waals surface area contributed by atoms with Crippen LogP contribution in [0.1, 0.15) is 38.8 Å². The number of nitrogens with zero attached hydrogens (tertiary/aromatic N) is 2. The van der Waals surface area contributed by atoms with Gasteiger partial charge in [-0.15, -0.1) is 0 Å². The quantitative estimate of drug-likeness (QED) is 0.781. The van der Waals surface area contributed by atoms with Crippen molar-refractivity contribution in [3.05, 3.63) is 18.0 Å². The Hall–Kier alpha value is -0.830. The minimum atomic E-state index is -0.171. The van der Waals surface area contributed by atoms with E-state index in [0.29, 0.717) is 5.92 Å². The minimum absolute atomic E-state index is 0.171. The molecule has 0 aliphatic rings. The first-order valence-electron chi connectivity index (χ1n) is 5.78. The zero-order valence-electron chi connectivity index (χ0n) is 9.98. The van der Waals surface area contributed by atoms with E-state index in [0.717, 1.165) is 25.7 Å². The Bertz CT molecular complexity index is 283. The molecule has 0 radical (unpaired) electrons. The largest absolute Gasteiger partial charge is 0.393 e. The van der Waals surface area contributed by atoms with Gasteiger partial charge in [-0.1, -0.05) is 20.3 Å². The molecule has 2 unspecified atom stereocenters. The van der Waals surface area contributed by atoms with Crippen molar-refractivity contribution >= 4 is 0 Å². The summed E-state index contributed by atoms with van der Waals surface area (Å²) in [5, 5.41) is 13.9. The summed E-state index contributed by atoms with van der Waals surface area (Å²) in [5.41, 5.74) is 1.19. The normalized spacial score (nSPS) is 15.2. The molecule has 0 aliphatic heterocycles. The molecule has 2 atom stereocenters. The Labute approximate surface area is 92.1 Å². The summed E-state index contributed by atoms with van der Waals surface area (Å²) < 4.78 is 1.87. The predicted molar refractivity (Wildman–Crippen MR) is 61.6 cm³/mol. The second-order valence-electron chi connectivity index (χ2n) is 4.39. The standard InChI is InChI=1S/C12H22N2O/c1-4-10(2)9-12(15)6-5-11-7-8-13-14(11)3/h7-8,10,12,15H,4-6,9H2,1-3H3. The van der Waals surface area contributed by atoms with E-state index in [2.05, 4.69) is 18.9 Å². The van der Waals surface area contributed by atoms with Gasteiger partial charge in [0, 0.05) is 18.9 Å². The summed E-state index contributed by atoms with van der Waals surface area (Å²) in [6.07, 6.45) is 5.43. The van der Waals surface area contributed by atoms with Crippen LogP contribution in [-0.2, 0) is 13.5 Å². The number of aliphatic hydroxyl groups excluding tert-OH is 1. The molecule has 3 heteroatoms. The van der Waals surface area contributed by atoms with Crippen molar-refractivity contribution in [2.45, 2.75) is 45.6 Å². The van der Waals surface area contributed by atoms with Crippen molar-refractivity contribution in [1.29, 1.82) is 0 Å². The molecule has 0 saturated carbocycles. The van der Waals surface area contributed by atoms with Crippen LogP contribution in [-0.4, -0.2) is 21.0 Å². The Kier molecular flexibility index (Phi) is 4.82. The Balaban J connectivity index is 2.28. The number of aliphatic hydroxyl groups is 1. The Morgan fingerprint density at radius 3 is 2.80 bits per heavy atom. The lowest BCUT2D eigenvalue weighted by Gasteiger charge is -2.14. The molecular weight excluding hydrogens is 188 g/mol. The van der Waals surface area contributed by atoms with Crippen LogP contribution in [0, 0.1) is 5.92 Å². The van der Waals surface area contributed by atoms with Crippen LogP contribution in [0.25, 0.3) is 0 Å². The van der Waals surface area contributed by atoms with Gasteiger partial charge in [-0.25, -0.2) is 0 Å². The summed E-state index contributed by atoms with van der Waals surface area (Å²) in [7, 11) is 1.94. The fourth-order valence-corrected chi connectivity index (χ4v) is 1.71. The molecule has 3 nitrogen and oxygen atoms in total. The van der Waals surface area contributed by atoms with Crippen LogP contribution in [0.3, 0.4) is 0 Å². The minimum Gasteiger partial charge on any atom is -0.393 e. The summed E-state index contributed by atoms with van der Waals surface area (Å²) >= 11 is 0. The maximum absolute atomic E-state index is 9.81. The van der Waals surface area contributed by atoms with Crippen molar-refractivity contribution in [3.8, 4) is 0 Å². The third-order valence-corrected chi connectivity index (χ3v) is 3.03. The van der Waals surface area contributed by atoms with Crippen molar-refractivity contribution < 1.29 is 5.11 Å². The molecule has 1 N–H and O–H groups in total. The molecule has 86 valence electrons. The summed E-state index contributed by atoms with van der Waals surface area (Å²) in [5.74, 6) is 0.617. The highest BCUT2D eigenvalue weighted by Gasteiger charge is 2.09. The smallest absolute Gasteiger partial charge is 0.0546 e. The van der Waals surface area contributed by atoms with Crippen molar-refractivity contribution in [1.82, 2.24) is 9.78 Å². The first-order valence-corrected chi connectivity index (χ1v) is 5.78. The second-order valence-corrected chi connectivity index (χ2v) is 4.39. The van der Waals surface area contributed by atoms with E-state index in [1.165, 1.54) is 5.69 Å². The fourth-order valence-electron chi connectivity index (χ4n) is 1.71. The molecule has 0 aliphatic carbocycles. The Morgan fingerprint density at radius 1 is 1.53 bits per heavy atom. The number of rotatable bonds is 6. The van der Waals surface area contributed by atoms with Gasteiger partial charge in [0.15, 0.2) is 0 Å². The van der Waals surface area contributed by atoms with Gasteiger partial charge < -0.3 is 5.11 Å². The highest BCUT2D eigenvalue weighted by atomic mass is 16.3. The van der Waals surface area contributed by atoms with E-state index in [-0.39, 0.29) is 6.10 Å². The molecule has 0 aromatic carbocycles. The molecule has 0 fully saturated rings. The number of aryl methyl sites for hydroxylation is 2. The molecule has 0 amide bonds. The van der Waals surface area contributed by atoms with Crippen molar-refractivity contribution in [3.63, 3.8) is 0 Å². The van der Waals surface area contributed by atoms with Crippen molar-refractivity contribution in [2.75, 3.05) is 0 Å². The van der Waals surface area contributed by atoms with Crippen LogP contribution in [0.2, 0.25) is 0 Å². The Morgan fingerprint density at radius 2 is 2.27 bits per heavy atom. The second kappa shape index (κ2) is 5.91. The van der Waals surface area contributed by atoms with E-state index in [1.54, 1.807) is 6.20 Å². The SMILES string of the molecule is CCC(C)CC(O)CCc1ccnn1C. The van der Waals surface area contributed by atoms with Crippen molar-refractivity contribution in [2.24, 2.45) is 13.0 Å². The highest BCUT2D eigenvalue weighted by molar-refractivity contribution is 5.00. The molecular formula is C12H22N2O. The maximum atomic E-state index is 9.81. The highest BCUT2D eigenvalue weighted by Crippen LogP contribution is 2.13. The van der Waals surface area contributed by atoms with Gasteiger partial charge in [-0.3, -0.25) is 4.68 Å². The molecule has 1 rings (SSSR count). The van der Waals surface area contributed by atoms with Crippen LogP contribution in [0.5, 0.6) is 0 Å². The fraction of sp³-hybridized carbons (Fsp3) is 0.750. The lowest BCUT2D eigenvalue weighted by atomic mass is 9.98. The monoisotopic (exact) mass is 210 g/mol. The first-order chi connectivity index (χ1) is 7.13. The van der Waals surface area contributed by atoms with Crippen LogP contribution in [0.15, 0.2) is 12.3 Å². The van der Waals surface area contributed by atoms with Gasteiger partial charge in [-0.05, 0) is 31.2 Å². The van der Waals surface area contributed by atoms with E-state index < -0.39 is 0 Å². The van der Waals surface area contributed by atoms with Gasteiger partial charge in [0.2, 0.25) is 0 Å². The zero-order valence-corrected chi connectivity index (χ0v) is 9.98. The van der Waals surface area contributed by atoms with E-state index >= 15 is 0 Å². The van der Waals surface area contributed by atoms with E-state index in [4.69, 9.17) is 0 Å². The zero-order chi connectivity index (χ0) is 11.3. The van der Waals surface area contributed by atoms with Gasteiger partial charge >= 0.3 is 0 Å². The van der Waals surface area contributed by atoms with Gasteiger partial charge in [-0.2, -0.15) is 5.10 Å². The molecule has 0 saturated heterocycles. The van der Waals surface area contributed by atoms with Crippen LogP contribution >= 0.6 is 0 Å². The number of hydrogen-bond donors (Lipinski definition) is 1. The third kappa shape index (κ3) is 4.04. The average molecular weight is 210 g/mol. The van der Waals surface area contributed by atoms with Gasteiger partial charge in [0.25, 0.3) is 0 Å². The molecule has 0 spiro atoms. The summed E-state index contributed by atoms with van der Waals surface area (Å²) in [6, 6.07) is 2.01. The van der Waals surface area contributed by atoms with Gasteiger partial charge in [0.05, 0.1) is 6.10 Å². The summed E-state index contributed by atoms with van der Waals surface area (Å²) in [4.78, 5) is 0. The molecule has 0 bridgehead atoms. The lowest BCUT2D eigenvalue weighted by molar-refractivity contribution is 0.135. The van der Waals surface area contributed by atoms with Gasteiger partial charge in [0.1, 0.15) is 0 Å². The average Bonchev–Trinajstić information content (AvgIpc) is 2.61. The van der Waals surface area contributed by atoms with E-state index in [1.807, 2.05) is 17.8 Å². The molecule has 1 heterocycles. The predicted octanol–water partition coefficient (Wildman–Crippen LogP) is 2.15.